The van der Waals surface area contributed by atoms with Crippen LogP contribution in [0.1, 0.15) is 27.0 Å². The number of aliphatic imine (C=N–C) groups is 1. The quantitative estimate of drug-likeness (QED) is 0.408. The van der Waals surface area contributed by atoms with Gasteiger partial charge in [0.05, 0.1) is 28.5 Å². The molecule has 2 heterocycles. The summed E-state index contributed by atoms with van der Waals surface area (Å²) in [4.78, 5) is 24.8. The Labute approximate surface area is 193 Å². The number of carboxylic acid groups (broad SMARTS) is 1. The minimum absolute atomic E-state index is 0.185. The van der Waals surface area contributed by atoms with Gasteiger partial charge in [0, 0.05) is 34.1 Å². The number of anilines is 2. The summed E-state index contributed by atoms with van der Waals surface area (Å²) in [6.45, 7) is 0.262. The van der Waals surface area contributed by atoms with E-state index in [-0.39, 0.29) is 17.9 Å². The zero-order valence-electron chi connectivity index (χ0n) is 17.1. The summed E-state index contributed by atoms with van der Waals surface area (Å²) in [5, 5.41) is 12.6. The molecule has 5 rings (SSSR count). The van der Waals surface area contributed by atoms with E-state index in [0.717, 1.165) is 11.1 Å². The number of aromatic nitrogens is 2. The number of rotatable bonds is 4. The molecular formula is C25H16ClFN4O2. The summed E-state index contributed by atoms with van der Waals surface area (Å²) >= 11 is 6.58. The van der Waals surface area contributed by atoms with Gasteiger partial charge in [0.25, 0.3) is 0 Å². The molecule has 0 amide bonds. The summed E-state index contributed by atoms with van der Waals surface area (Å²) in [5.41, 5.74) is 4.41. The van der Waals surface area contributed by atoms with Crippen LogP contribution in [-0.4, -0.2) is 26.8 Å². The van der Waals surface area contributed by atoms with Crippen LogP contribution in [0.25, 0.3) is 11.3 Å². The van der Waals surface area contributed by atoms with Crippen molar-refractivity contribution in [3.63, 3.8) is 0 Å². The third-order valence-corrected chi connectivity index (χ3v) is 5.61. The molecule has 0 saturated heterocycles. The van der Waals surface area contributed by atoms with Crippen molar-refractivity contribution in [2.75, 3.05) is 5.32 Å². The zero-order chi connectivity index (χ0) is 22.9. The summed E-state index contributed by atoms with van der Waals surface area (Å²) in [5.74, 6) is -1.05. The molecule has 0 unspecified atom stereocenters. The number of hydrogen-bond donors (Lipinski definition) is 2. The number of benzene rings is 3. The van der Waals surface area contributed by atoms with Crippen molar-refractivity contribution in [1.29, 1.82) is 0 Å². The van der Waals surface area contributed by atoms with Gasteiger partial charge >= 0.3 is 5.97 Å². The molecule has 8 heteroatoms. The molecule has 0 spiro atoms. The number of halogens is 2. The van der Waals surface area contributed by atoms with E-state index in [4.69, 9.17) is 21.7 Å². The molecule has 0 bridgehead atoms. The molecule has 1 aliphatic heterocycles. The maximum absolute atomic E-state index is 14.6. The highest BCUT2D eigenvalue weighted by Gasteiger charge is 2.24. The fraction of sp³-hybridized carbons (Fsp3) is 0.0400. The highest BCUT2D eigenvalue weighted by molar-refractivity contribution is 6.36. The fourth-order valence-corrected chi connectivity index (χ4v) is 3.98. The third kappa shape index (κ3) is 3.94. The molecule has 0 saturated carbocycles. The molecule has 4 aromatic rings. The van der Waals surface area contributed by atoms with Crippen LogP contribution in [0.3, 0.4) is 0 Å². The Balaban J connectivity index is 1.58. The van der Waals surface area contributed by atoms with Gasteiger partial charge in [-0.05, 0) is 42.5 Å². The number of carboxylic acids is 1. The van der Waals surface area contributed by atoms with Gasteiger partial charge in [-0.3, -0.25) is 4.99 Å². The highest BCUT2D eigenvalue weighted by Crippen LogP contribution is 2.36. The molecule has 1 aromatic heterocycles. The van der Waals surface area contributed by atoms with Crippen LogP contribution < -0.4 is 5.32 Å². The van der Waals surface area contributed by atoms with Gasteiger partial charge in [0.2, 0.25) is 5.95 Å². The van der Waals surface area contributed by atoms with Crippen molar-refractivity contribution >= 4 is 34.9 Å². The van der Waals surface area contributed by atoms with Crippen molar-refractivity contribution < 1.29 is 14.3 Å². The second kappa shape index (κ2) is 8.44. The number of hydrogen-bond acceptors (Lipinski definition) is 5. The van der Waals surface area contributed by atoms with E-state index in [9.17, 15) is 9.18 Å². The first-order chi connectivity index (χ1) is 16.0. The molecule has 0 radical (unpaired) electrons. The van der Waals surface area contributed by atoms with Crippen molar-refractivity contribution in [2.24, 2.45) is 4.99 Å². The molecule has 2 N–H and O–H groups in total. The lowest BCUT2D eigenvalue weighted by atomic mass is 9.95. The number of nitrogens with zero attached hydrogens (tertiary/aromatic N) is 3. The molecule has 3 aromatic carbocycles. The minimum atomic E-state index is -0.998. The second-order valence-corrected chi connectivity index (χ2v) is 7.79. The molecule has 1 aliphatic rings. The van der Waals surface area contributed by atoms with Gasteiger partial charge in [-0.15, -0.1) is 0 Å². The monoisotopic (exact) mass is 458 g/mol. The van der Waals surface area contributed by atoms with Gasteiger partial charge in [-0.1, -0.05) is 35.9 Å². The summed E-state index contributed by atoms with van der Waals surface area (Å²) in [6.07, 6.45) is 1.68. The van der Waals surface area contributed by atoms with E-state index in [1.165, 1.54) is 18.2 Å². The fourth-order valence-electron chi connectivity index (χ4n) is 3.72. The number of aromatic carboxylic acids is 1. The predicted molar refractivity (Wildman–Crippen MR) is 125 cm³/mol. The Morgan fingerprint density at radius 1 is 1.00 bits per heavy atom. The Morgan fingerprint density at radius 2 is 1.76 bits per heavy atom. The van der Waals surface area contributed by atoms with Gasteiger partial charge in [0.15, 0.2) is 0 Å². The van der Waals surface area contributed by atoms with Crippen LogP contribution in [0.5, 0.6) is 0 Å². The van der Waals surface area contributed by atoms with E-state index in [1.807, 2.05) is 12.1 Å². The molecule has 6 nitrogen and oxygen atoms in total. The largest absolute Gasteiger partial charge is 0.478 e. The van der Waals surface area contributed by atoms with Crippen molar-refractivity contribution in [2.45, 2.75) is 6.54 Å². The van der Waals surface area contributed by atoms with E-state index >= 15 is 0 Å². The number of nitrogens with one attached hydrogen (secondary N) is 1. The van der Waals surface area contributed by atoms with E-state index in [0.29, 0.717) is 39.2 Å². The van der Waals surface area contributed by atoms with E-state index in [2.05, 4.69) is 15.3 Å². The second-order valence-electron chi connectivity index (χ2n) is 7.38. The average molecular weight is 459 g/mol. The topological polar surface area (TPSA) is 87.5 Å². The number of fused-ring (bicyclic) bond motifs is 3. The van der Waals surface area contributed by atoms with Crippen molar-refractivity contribution in [3.05, 3.63) is 106 Å². The van der Waals surface area contributed by atoms with Crippen LogP contribution in [0.15, 0.2) is 77.9 Å². The molecule has 33 heavy (non-hydrogen) atoms. The highest BCUT2D eigenvalue weighted by atomic mass is 35.5. The lowest BCUT2D eigenvalue weighted by molar-refractivity contribution is 0.0697. The van der Waals surface area contributed by atoms with Gasteiger partial charge in [-0.2, -0.15) is 0 Å². The lowest BCUT2D eigenvalue weighted by Gasteiger charge is -2.14. The van der Waals surface area contributed by atoms with Gasteiger partial charge in [-0.25, -0.2) is 19.2 Å². The van der Waals surface area contributed by atoms with Crippen molar-refractivity contribution in [3.8, 4) is 11.3 Å². The first kappa shape index (κ1) is 20.8. The predicted octanol–water partition coefficient (Wildman–Crippen LogP) is 5.73. The van der Waals surface area contributed by atoms with E-state index < -0.39 is 5.97 Å². The van der Waals surface area contributed by atoms with Gasteiger partial charge in [0.1, 0.15) is 5.82 Å². The summed E-state index contributed by atoms with van der Waals surface area (Å²) in [7, 11) is 0. The molecule has 0 atom stereocenters. The van der Waals surface area contributed by atoms with Crippen LogP contribution >= 0.6 is 11.6 Å². The first-order valence-electron chi connectivity index (χ1n) is 10.1. The summed E-state index contributed by atoms with van der Waals surface area (Å²) in [6, 6.07) is 18.2. The zero-order valence-corrected chi connectivity index (χ0v) is 17.8. The maximum atomic E-state index is 14.6. The molecule has 0 fully saturated rings. The normalized spacial score (nSPS) is 12.2. The SMILES string of the molecule is O=C(O)c1ccc(Nc2ncc3c(n2)-c2cccc(Cl)c2C(c2ccccc2F)=NC3)cc1. The maximum Gasteiger partial charge on any atom is 0.335 e. The molecular weight excluding hydrogens is 443 g/mol. The Hall–Kier alpha value is -4.10. The smallest absolute Gasteiger partial charge is 0.335 e. The third-order valence-electron chi connectivity index (χ3n) is 5.29. The van der Waals surface area contributed by atoms with Crippen LogP contribution in [0.4, 0.5) is 16.0 Å². The van der Waals surface area contributed by atoms with Gasteiger partial charge < -0.3 is 10.4 Å². The minimum Gasteiger partial charge on any atom is -0.478 e. The van der Waals surface area contributed by atoms with Crippen LogP contribution in [0.2, 0.25) is 5.02 Å². The standard InChI is InChI=1S/C25H16ClFN4O2/c26-19-6-3-5-18-21(19)23(17-4-1-2-7-20(17)27)28-12-15-13-29-25(31-22(15)18)30-16-10-8-14(9-11-16)24(32)33/h1-11,13H,12H2,(H,32,33)(H,29,30,31). The first-order valence-corrected chi connectivity index (χ1v) is 10.4. The average Bonchev–Trinajstić information content (AvgIpc) is 2.98. The Bertz CT molecular complexity index is 1420. The number of carbonyl (C=O) groups is 1. The van der Waals surface area contributed by atoms with Crippen LogP contribution in [0, 0.1) is 5.82 Å². The van der Waals surface area contributed by atoms with E-state index in [1.54, 1.807) is 42.6 Å². The Kier molecular flexibility index (Phi) is 5.32. The molecule has 162 valence electrons. The van der Waals surface area contributed by atoms with Crippen LogP contribution in [-0.2, 0) is 6.54 Å². The van der Waals surface area contributed by atoms with Crippen molar-refractivity contribution in [1.82, 2.24) is 9.97 Å². The summed E-state index contributed by atoms with van der Waals surface area (Å²) < 4.78 is 14.6. The Morgan fingerprint density at radius 3 is 2.52 bits per heavy atom. The lowest BCUT2D eigenvalue weighted by Crippen LogP contribution is -2.08. The molecule has 0 aliphatic carbocycles.